The summed E-state index contributed by atoms with van der Waals surface area (Å²) in [5.74, 6) is 0. The highest BCUT2D eigenvalue weighted by Gasteiger charge is 2.19. The maximum Gasteiger partial charge on any atom is 0.0742 e. The molecule has 1 heterocycles. The van der Waals surface area contributed by atoms with E-state index in [0.717, 1.165) is 31.9 Å². The summed E-state index contributed by atoms with van der Waals surface area (Å²) < 4.78 is 0. The van der Waals surface area contributed by atoms with E-state index in [1.165, 1.54) is 0 Å². The zero-order chi connectivity index (χ0) is 12.1. The van der Waals surface area contributed by atoms with Crippen LogP contribution in [0.5, 0.6) is 0 Å². The Hall–Kier alpha value is -0.440. The molecule has 0 aromatic rings. The molecule has 2 nitrogen and oxygen atoms in total. The summed E-state index contributed by atoms with van der Waals surface area (Å²) in [6.45, 7) is 9.55. The lowest BCUT2D eigenvalue weighted by molar-refractivity contribution is 0.189. The van der Waals surface area contributed by atoms with Crippen molar-refractivity contribution in [2.45, 2.75) is 6.92 Å². The number of allylic oxidation sites excluding steroid dienone is 4. The first kappa shape index (κ1) is 13.6. The van der Waals surface area contributed by atoms with E-state index in [9.17, 15) is 0 Å². The molecule has 0 aromatic heterocycles. The number of rotatable bonds is 3. The van der Waals surface area contributed by atoms with Crippen molar-refractivity contribution in [1.82, 2.24) is 9.80 Å². The third-order valence-electron chi connectivity index (χ3n) is 2.70. The molecule has 0 spiro atoms. The molecule has 1 saturated heterocycles. The Balaban J connectivity index is 2.91. The smallest absolute Gasteiger partial charge is 0.0742 e. The molecule has 0 saturated carbocycles. The molecule has 1 aliphatic rings. The minimum atomic E-state index is 0.618. The highest BCUT2D eigenvalue weighted by atomic mass is 35.5. The number of hydrogen-bond donors (Lipinski definition) is 0. The summed E-state index contributed by atoms with van der Waals surface area (Å²) in [6.07, 6.45) is 3.50. The maximum absolute atomic E-state index is 6.19. The van der Waals surface area contributed by atoms with Gasteiger partial charge < -0.3 is 9.80 Å². The fraction of sp³-hybridized carbons (Fsp3) is 0.500. The second-order valence-electron chi connectivity index (χ2n) is 3.83. The van der Waals surface area contributed by atoms with Gasteiger partial charge in [-0.05, 0) is 20.0 Å². The van der Waals surface area contributed by atoms with Crippen molar-refractivity contribution < 1.29 is 0 Å². The van der Waals surface area contributed by atoms with Crippen LogP contribution >= 0.6 is 23.2 Å². The average Bonchev–Trinajstić information content (AvgIpc) is 2.31. The summed E-state index contributed by atoms with van der Waals surface area (Å²) in [5.41, 5.74) is 0.897. The molecule has 0 radical (unpaired) electrons. The Kier molecular flexibility index (Phi) is 5.39. The van der Waals surface area contributed by atoms with Crippen molar-refractivity contribution in [3.63, 3.8) is 0 Å². The molecule has 0 amide bonds. The highest BCUT2D eigenvalue weighted by molar-refractivity contribution is 6.36. The number of halogens is 2. The molecule has 16 heavy (non-hydrogen) atoms. The predicted molar refractivity (Wildman–Crippen MR) is 71.8 cm³/mol. The van der Waals surface area contributed by atoms with E-state index < -0.39 is 0 Å². The quantitative estimate of drug-likeness (QED) is 0.720. The lowest BCUT2D eigenvalue weighted by Crippen LogP contribution is -2.44. The Bertz CT molecular complexity index is 313. The fourth-order valence-electron chi connectivity index (χ4n) is 1.68. The SMILES string of the molecule is C=C/C(Cl)=C(\C(Cl)=C/C)N1CCN(C)CC1. The standard InChI is InChI=1S/C12H18Cl2N2/c1-4-10(13)12(11(14)5-2)16-8-6-15(3)7-9-16/h4-5H,1,6-9H2,2-3H3/b11-5+,12-10-. The van der Waals surface area contributed by atoms with Gasteiger partial charge in [-0.15, -0.1) is 0 Å². The van der Waals surface area contributed by atoms with Crippen molar-refractivity contribution >= 4 is 23.2 Å². The van der Waals surface area contributed by atoms with Gasteiger partial charge in [-0.2, -0.15) is 0 Å². The normalized spacial score (nSPS) is 20.8. The van der Waals surface area contributed by atoms with Gasteiger partial charge in [-0.3, -0.25) is 0 Å². The molecule has 1 rings (SSSR count). The molecule has 1 fully saturated rings. The van der Waals surface area contributed by atoms with E-state index in [1.54, 1.807) is 6.08 Å². The molecule has 1 aliphatic heterocycles. The van der Waals surface area contributed by atoms with E-state index >= 15 is 0 Å². The highest BCUT2D eigenvalue weighted by Crippen LogP contribution is 2.26. The summed E-state index contributed by atoms with van der Waals surface area (Å²) in [6, 6.07) is 0. The van der Waals surface area contributed by atoms with Crippen LogP contribution in [0.4, 0.5) is 0 Å². The Labute approximate surface area is 108 Å². The van der Waals surface area contributed by atoms with Crippen molar-refractivity contribution in [2.24, 2.45) is 0 Å². The van der Waals surface area contributed by atoms with Crippen LogP contribution in [0.2, 0.25) is 0 Å². The third-order valence-corrected chi connectivity index (χ3v) is 3.44. The Morgan fingerprint density at radius 1 is 1.19 bits per heavy atom. The molecular weight excluding hydrogens is 243 g/mol. The summed E-state index contributed by atoms with van der Waals surface area (Å²) >= 11 is 12.3. The second-order valence-corrected chi connectivity index (χ2v) is 4.64. The lowest BCUT2D eigenvalue weighted by atomic mass is 10.2. The van der Waals surface area contributed by atoms with Gasteiger partial charge in [-0.25, -0.2) is 0 Å². The van der Waals surface area contributed by atoms with Crippen LogP contribution in [-0.4, -0.2) is 43.0 Å². The molecule has 0 atom stereocenters. The van der Waals surface area contributed by atoms with Crippen molar-refractivity contribution in [3.8, 4) is 0 Å². The van der Waals surface area contributed by atoms with E-state index in [4.69, 9.17) is 23.2 Å². The predicted octanol–water partition coefficient (Wildman–Crippen LogP) is 3.01. The number of piperazine rings is 1. The van der Waals surface area contributed by atoms with Gasteiger partial charge in [0.2, 0.25) is 0 Å². The summed E-state index contributed by atoms with van der Waals surface area (Å²) in [7, 11) is 2.12. The largest absolute Gasteiger partial charge is 0.367 e. The fourth-order valence-corrected chi connectivity index (χ4v) is 2.17. The zero-order valence-electron chi connectivity index (χ0n) is 9.84. The molecule has 0 unspecified atom stereocenters. The molecule has 4 heteroatoms. The van der Waals surface area contributed by atoms with Crippen LogP contribution < -0.4 is 0 Å². The number of hydrogen-bond acceptors (Lipinski definition) is 2. The molecule has 0 N–H and O–H groups in total. The van der Waals surface area contributed by atoms with Crippen molar-refractivity contribution in [2.75, 3.05) is 33.2 Å². The molecule has 0 bridgehead atoms. The van der Waals surface area contributed by atoms with Gasteiger partial charge in [0.25, 0.3) is 0 Å². The monoisotopic (exact) mass is 260 g/mol. The Morgan fingerprint density at radius 3 is 2.19 bits per heavy atom. The first-order valence-electron chi connectivity index (χ1n) is 5.38. The van der Waals surface area contributed by atoms with Crippen LogP contribution in [0, 0.1) is 0 Å². The lowest BCUT2D eigenvalue weighted by Gasteiger charge is -2.35. The molecule has 0 aliphatic carbocycles. The van der Waals surface area contributed by atoms with Crippen molar-refractivity contribution in [1.29, 1.82) is 0 Å². The van der Waals surface area contributed by atoms with E-state index in [1.807, 2.05) is 13.0 Å². The minimum absolute atomic E-state index is 0.618. The first-order valence-corrected chi connectivity index (χ1v) is 6.13. The van der Waals surface area contributed by atoms with Gasteiger partial charge >= 0.3 is 0 Å². The second kappa shape index (κ2) is 6.33. The van der Waals surface area contributed by atoms with Crippen LogP contribution in [0.3, 0.4) is 0 Å². The Morgan fingerprint density at radius 2 is 1.75 bits per heavy atom. The van der Waals surface area contributed by atoms with Gasteiger partial charge in [-0.1, -0.05) is 35.9 Å². The maximum atomic E-state index is 6.19. The minimum Gasteiger partial charge on any atom is -0.367 e. The zero-order valence-corrected chi connectivity index (χ0v) is 11.4. The topological polar surface area (TPSA) is 6.48 Å². The van der Waals surface area contributed by atoms with E-state index in [-0.39, 0.29) is 0 Å². The summed E-state index contributed by atoms with van der Waals surface area (Å²) in [5, 5.41) is 1.31. The van der Waals surface area contributed by atoms with Crippen molar-refractivity contribution in [3.05, 3.63) is 34.5 Å². The van der Waals surface area contributed by atoms with Crippen LogP contribution in [0.25, 0.3) is 0 Å². The number of likely N-dealkylation sites (N-methyl/N-ethyl adjacent to an activating group) is 1. The van der Waals surface area contributed by atoms with Gasteiger partial charge in [0.15, 0.2) is 0 Å². The number of nitrogens with zero attached hydrogens (tertiary/aromatic N) is 2. The molecular formula is C12H18Cl2N2. The molecule has 90 valence electrons. The first-order chi connectivity index (χ1) is 7.60. The van der Waals surface area contributed by atoms with E-state index in [2.05, 4.69) is 23.4 Å². The summed E-state index contributed by atoms with van der Waals surface area (Å²) in [4.78, 5) is 4.51. The third kappa shape index (κ3) is 3.27. The molecule has 0 aromatic carbocycles. The van der Waals surface area contributed by atoms with Gasteiger partial charge in [0.1, 0.15) is 0 Å². The van der Waals surface area contributed by atoms with E-state index in [0.29, 0.717) is 10.1 Å². The van der Waals surface area contributed by atoms with Crippen LogP contribution in [-0.2, 0) is 0 Å². The van der Waals surface area contributed by atoms with Gasteiger partial charge in [0.05, 0.1) is 15.8 Å². The average molecular weight is 261 g/mol. The van der Waals surface area contributed by atoms with Gasteiger partial charge in [0, 0.05) is 26.2 Å². The van der Waals surface area contributed by atoms with Crippen LogP contribution in [0.15, 0.2) is 34.5 Å². The van der Waals surface area contributed by atoms with Crippen LogP contribution in [0.1, 0.15) is 6.92 Å².